The fourth-order valence-corrected chi connectivity index (χ4v) is 11.4. The summed E-state index contributed by atoms with van der Waals surface area (Å²) in [6.45, 7) is 9.61. The van der Waals surface area contributed by atoms with Gasteiger partial charge in [0.25, 0.3) is 0 Å². The quantitative estimate of drug-likeness (QED) is 0.175. The van der Waals surface area contributed by atoms with Crippen LogP contribution < -0.4 is 9.80 Å². The Bertz CT molecular complexity index is 2770. The summed E-state index contributed by atoms with van der Waals surface area (Å²) >= 11 is 0. The summed E-state index contributed by atoms with van der Waals surface area (Å²) in [6.07, 6.45) is 0. The van der Waals surface area contributed by atoms with Crippen LogP contribution in [0.3, 0.4) is 0 Å². The van der Waals surface area contributed by atoms with E-state index < -0.39 is 5.41 Å². The van der Waals surface area contributed by atoms with E-state index in [1.165, 1.54) is 101 Å². The Hall–Kier alpha value is -6.64. The molecule has 1 spiro atoms. The van der Waals surface area contributed by atoms with E-state index in [1.54, 1.807) is 0 Å². The van der Waals surface area contributed by atoms with Crippen LogP contribution in [0.4, 0.5) is 34.1 Å². The Labute approximate surface area is 335 Å². The highest BCUT2D eigenvalue weighted by molar-refractivity contribution is 6.07. The van der Waals surface area contributed by atoms with Gasteiger partial charge in [0.05, 0.1) is 28.2 Å². The van der Waals surface area contributed by atoms with Gasteiger partial charge in [0, 0.05) is 33.3 Å². The van der Waals surface area contributed by atoms with Crippen molar-refractivity contribution in [2.24, 2.45) is 0 Å². The molecule has 0 aromatic heterocycles. The highest BCUT2D eigenvalue weighted by Crippen LogP contribution is 2.69. The van der Waals surface area contributed by atoms with Crippen LogP contribution in [-0.4, -0.2) is 0 Å². The number of anilines is 6. The summed E-state index contributed by atoms with van der Waals surface area (Å²) in [6, 6.07) is 68.5. The maximum atomic E-state index is 2.55. The van der Waals surface area contributed by atoms with Crippen LogP contribution in [0.15, 0.2) is 182 Å². The van der Waals surface area contributed by atoms with Crippen LogP contribution in [-0.2, 0) is 16.2 Å². The Kier molecular flexibility index (Phi) is 6.42. The highest BCUT2D eigenvalue weighted by Gasteiger charge is 2.55. The van der Waals surface area contributed by atoms with Crippen LogP contribution in [0.1, 0.15) is 72.2 Å². The first-order valence-corrected chi connectivity index (χ1v) is 20.3. The van der Waals surface area contributed by atoms with Gasteiger partial charge in [-0.3, -0.25) is 0 Å². The molecule has 0 radical (unpaired) electrons. The smallest absolute Gasteiger partial charge is 0.0727 e. The minimum Gasteiger partial charge on any atom is -0.309 e. The van der Waals surface area contributed by atoms with E-state index in [4.69, 9.17) is 0 Å². The second-order valence-electron chi connectivity index (χ2n) is 17.2. The second-order valence-corrected chi connectivity index (χ2v) is 17.2. The van der Waals surface area contributed by atoms with Crippen molar-refractivity contribution in [1.82, 2.24) is 0 Å². The number of nitrogens with zero attached hydrogens (tertiary/aromatic N) is 2. The van der Waals surface area contributed by atoms with Gasteiger partial charge < -0.3 is 9.80 Å². The van der Waals surface area contributed by atoms with E-state index >= 15 is 0 Å². The zero-order chi connectivity index (χ0) is 38.3. The lowest BCUT2D eigenvalue weighted by atomic mass is 9.67. The second kappa shape index (κ2) is 11.2. The largest absolute Gasteiger partial charge is 0.309 e. The molecule has 0 fully saturated rings. The van der Waals surface area contributed by atoms with Gasteiger partial charge in [-0.1, -0.05) is 173 Å². The molecule has 0 saturated carbocycles. The number of rotatable bonds is 2. The van der Waals surface area contributed by atoms with Gasteiger partial charge in [-0.25, -0.2) is 0 Å². The monoisotopic (exact) mass is 730 g/mol. The molecule has 57 heavy (non-hydrogen) atoms. The number of fused-ring (bicyclic) bond motifs is 16. The zero-order valence-corrected chi connectivity index (χ0v) is 32.7. The lowest BCUT2D eigenvalue weighted by molar-refractivity contribution is 0.630. The van der Waals surface area contributed by atoms with E-state index in [0.29, 0.717) is 0 Å². The number of hydrogen-bond acceptors (Lipinski definition) is 2. The third-order valence-electron chi connectivity index (χ3n) is 13.8. The summed E-state index contributed by atoms with van der Waals surface area (Å²) in [5.74, 6) is 0. The van der Waals surface area contributed by atoms with Crippen molar-refractivity contribution >= 4 is 34.1 Å². The van der Waals surface area contributed by atoms with Crippen molar-refractivity contribution in [1.29, 1.82) is 0 Å². The van der Waals surface area contributed by atoms with Gasteiger partial charge in [0.15, 0.2) is 0 Å². The number of para-hydroxylation sites is 4. The fraction of sp³-hybridized carbons (Fsp3) is 0.127. The Morgan fingerprint density at radius 2 is 0.632 bits per heavy atom. The SMILES string of the molecule is CC1(C)c2ccccc2N(c2ccccc2)c2c1ccc1c2-c2ccccc2C12c1ccccc1-c1c2ccc2c1N(c1ccccc1)c1ccccc1C2(C)C. The summed E-state index contributed by atoms with van der Waals surface area (Å²) < 4.78 is 0. The standard InChI is InChI=1S/C55H42N2/c1-53(2)41-27-15-17-29-47(41)56(35-19-7-5-8-20-35)51-45(53)33-31-43-49(51)37-23-11-13-25-39(37)55(43)40-26-14-12-24-38(40)50-44(55)32-34-46-52(50)57(36-21-9-6-10-22-36)48-30-18-16-28-42(48)54(46,3)4/h5-34H,1-4H3. The molecule has 272 valence electrons. The molecular weight excluding hydrogens is 689 g/mol. The Balaban J connectivity index is 1.23. The molecule has 12 rings (SSSR count). The Morgan fingerprint density at radius 1 is 0.298 bits per heavy atom. The first-order chi connectivity index (χ1) is 27.8. The third-order valence-corrected chi connectivity index (χ3v) is 13.8. The van der Waals surface area contributed by atoms with E-state index in [1.807, 2.05) is 0 Å². The highest BCUT2D eigenvalue weighted by atomic mass is 15.2. The summed E-state index contributed by atoms with van der Waals surface area (Å²) in [7, 11) is 0. The molecule has 2 nitrogen and oxygen atoms in total. The maximum absolute atomic E-state index is 2.55. The molecule has 0 atom stereocenters. The molecule has 4 aliphatic rings. The minimum atomic E-state index is -0.519. The van der Waals surface area contributed by atoms with Crippen LogP contribution in [0.5, 0.6) is 0 Å². The lowest BCUT2D eigenvalue weighted by Crippen LogP contribution is -2.32. The molecule has 2 aliphatic carbocycles. The van der Waals surface area contributed by atoms with Crippen molar-refractivity contribution in [2.45, 2.75) is 43.9 Å². The van der Waals surface area contributed by atoms with E-state index in [-0.39, 0.29) is 10.8 Å². The van der Waals surface area contributed by atoms with Crippen LogP contribution in [0, 0.1) is 0 Å². The lowest BCUT2D eigenvalue weighted by Gasteiger charge is -2.44. The number of hydrogen-bond donors (Lipinski definition) is 0. The molecule has 8 aromatic carbocycles. The molecule has 2 heteroatoms. The average Bonchev–Trinajstić information content (AvgIpc) is 3.72. The summed E-state index contributed by atoms with van der Waals surface area (Å²) in [5.41, 5.74) is 22.6. The maximum Gasteiger partial charge on any atom is 0.0727 e. The van der Waals surface area contributed by atoms with Crippen LogP contribution in [0.25, 0.3) is 22.3 Å². The molecule has 0 amide bonds. The molecule has 0 N–H and O–H groups in total. The molecular formula is C55H42N2. The molecule has 2 heterocycles. The van der Waals surface area contributed by atoms with Crippen molar-refractivity contribution < 1.29 is 0 Å². The van der Waals surface area contributed by atoms with Gasteiger partial charge in [0.2, 0.25) is 0 Å². The van der Waals surface area contributed by atoms with Gasteiger partial charge in [-0.2, -0.15) is 0 Å². The van der Waals surface area contributed by atoms with E-state index in [9.17, 15) is 0 Å². The average molecular weight is 731 g/mol. The van der Waals surface area contributed by atoms with Crippen molar-refractivity contribution in [2.75, 3.05) is 9.80 Å². The van der Waals surface area contributed by atoms with Crippen molar-refractivity contribution in [3.63, 3.8) is 0 Å². The van der Waals surface area contributed by atoms with Gasteiger partial charge in [-0.15, -0.1) is 0 Å². The van der Waals surface area contributed by atoms with Gasteiger partial charge in [-0.05, 0) is 92.0 Å². The first kappa shape index (κ1) is 32.6. The van der Waals surface area contributed by atoms with Crippen molar-refractivity contribution in [3.05, 3.63) is 226 Å². The van der Waals surface area contributed by atoms with Crippen LogP contribution >= 0.6 is 0 Å². The zero-order valence-electron chi connectivity index (χ0n) is 32.7. The summed E-state index contributed by atoms with van der Waals surface area (Å²) in [4.78, 5) is 5.10. The predicted octanol–water partition coefficient (Wildman–Crippen LogP) is 14.2. The fourth-order valence-electron chi connectivity index (χ4n) is 11.4. The first-order valence-electron chi connectivity index (χ1n) is 20.3. The minimum absolute atomic E-state index is 0.212. The van der Waals surface area contributed by atoms with Crippen LogP contribution in [0.2, 0.25) is 0 Å². The molecule has 0 bridgehead atoms. The molecule has 0 unspecified atom stereocenters. The normalized spacial score (nSPS) is 16.4. The number of benzene rings is 8. The van der Waals surface area contributed by atoms with Gasteiger partial charge >= 0.3 is 0 Å². The Morgan fingerprint density at radius 3 is 1.05 bits per heavy atom. The third kappa shape index (κ3) is 3.95. The predicted molar refractivity (Wildman–Crippen MR) is 236 cm³/mol. The van der Waals surface area contributed by atoms with Crippen molar-refractivity contribution in [3.8, 4) is 22.3 Å². The van der Waals surface area contributed by atoms with E-state index in [0.717, 1.165) is 0 Å². The molecule has 2 aliphatic heterocycles. The molecule has 0 saturated heterocycles. The van der Waals surface area contributed by atoms with Gasteiger partial charge in [0.1, 0.15) is 0 Å². The molecule has 8 aromatic rings. The van der Waals surface area contributed by atoms with E-state index in [2.05, 4.69) is 219 Å². The topological polar surface area (TPSA) is 6.48 Å². The summed E-state index contributed by atoms with van der Waals surface area (Å²) in [5, 5.41) is 0.